The van der Waals surface area contributed by atoms with Gasteiger partial charge in [0, 0.05) is 52.5 Å². The van der Waals surface area contributed by atoms with Crippen LogP contribution in [0.15, 0.2) is 67.0 Å². The van der Waals surface area contributed by atoms with Crippen molar-refractivity contribution in [3.05, 3.63) is 99.3 Å². The van der Waals surface area contributed by atoms with Crippen LogP contribution in [0.4, 0.5) is 10.5 Å². The second-order valence-electron chi connectivity index (χ2n) is 11.9. The zero-order valence-electron chi connectivity index (χ0n) is 26.1. The molecule has 11 nitrogen and oxygen atoms in total. The molecule has 1 fully saturated rings. The minimum atomic E-state index is -1.23. The van der Waals surface area contributed by atoms with Crippen LogP contribution in [0, 0.1) is 12.8 Å². The van der Waals surface area contributed by atoms with E-state index < -0.39 is 24.0 Å². The average Bonchev–Trinajstić information content (AvgIpc) is 3.72. The molecule has 6 rings (SSSR count). The van der Waals surface area contributed by atoms with Crippen molar-refractivity contribution in [2.45, 2.75) is 38.3 Å². The molecule has 4 aromatic rings. The maximum Gasteiger partial charge on any atom is 0.414 e. The summed E-state index contributed by atoms with van der Waals surface area (Å²) < 4.78 is 13.1. The molecule has 0 spiro atoms. The number of aliphatic hydroxyl groups is 1. The Kier molecular flexibility index (Phi) is 9.91. The third kappa shape index (κ3) is 7.13. The fourth-order valence-corrected chi connectivity index (χ4v) is 6.41. The number of aromatic nitrogens is 2. The van der Waals surface area contributed by atoms with E-state index in [1.165, 1.54) is 6.07 Å². The van der Waals surface area contributed by atoms with Gasteiger partial charge in [0.1, 0.15) is 25.0 Å². The molecule has 1 aliphatic carbocycles. The molecule has 3 N–H and O–H groups in total. The van der Waals surface area contributed by atoms with Gasteiger partial charge < -0.3 is 25.0 Å². The van der Waals surface area contributed by atoms with E-state index in [1.807, 2.05) is 43.5 Å². The number of carboxylic acid groups (broad SMARTS) is 1. The Morgan fingerprint density at radius 3 is 2.69 bits per heavy atom. The van der Waals surface area contributed by atoms with Crippen molar-refractivity contribution in [3.8, 4) is 16.9 Å². The maximum absolute atomic E-state index is 13.3. The van der Waals surface area contributed by atoms with Crippen LogP contribution >= 0.6 is 23.2 Å². The summed E-state index contributed by atoms with van der Waals surface area (Å²) in [5.74, 6) is -0.487. The first kappa shape index (κ1) is 33.3. The van der Waals surface area contributed by atoms with Crippen molar-refractivity contribution in [3.63, 3.8) is 0 Å². The Bertz CT molecular complexity index is 1860. The number of amides is 2. The average molecular weight is 694 g/mol. The van der Waals surface area contributed by atoms with E-state index in [0.29, 0.717) is 39.7 Å². The van der Waals surface area contributed by atoms with Gasteiger partial charge in [-0.25, -0.2) is 9.59 Å². The highest BCUT2D eigenvalue weighted by Crippen LogP contribution is 2.57. The Labute approximate surface area is 287 Å². The minimum absolute atomic E-state index is 0.0887. The van der Waals surface area contributed by atoms with Crippen LogP contribution < -0.4 is 15.0 Å². The van der Waals surface area contributed by atoms with Crippen molar-refractivity contribution in [1.29, 1.82) is 0 Å². The summed E-state index contributed by atoms with van der Waals surface area (Å²) in [5.41, 5.74) is 5.44. The number of hydrogen-bond donors (Lipinski definition) is 3. The molecule has 1 unspecified atom stereocenters. The Balaban J connectivity index is 1.15. The van der Waals surface area contributed by atoms with Gasteiger partial charge in [0.25, 0.3) is 5.91 Å². The normalized spacial score (nSPS) is 16.8. The molecule has 2 heterocycles. The lowest BCUT2D eigenvalue weighted by Crippen LogP contribution is -2.41. The van der Waals surface area contributed by atoms with Gasteiger partial charge in [0.2, 0.25) is 0 Å². The van der Waals surface area contributed by atoms with Gasteiger partial charge >= 0.3 is 12.1 Å². The highest BCUT2D eigenvalue weighted by Gasteiger charge is 2.48. The second kappa shape index (κ2) is 14.3. The van der Waals surface area contributed by atoms with Crippen molar-refractivity contribution >= 4 is 46.9 Å². The van der Waals surface area contributed by atoms with Crippen LogP contribution in [0.1, 0.15) is 45.8 Å². The topological polar surface area (TPSA) is 143 Å². The summed E-state index contributed by atoms with van der Waals surface area (Å²) >= 11 is 12.6. The number of fused-ring (bicyclic) bond motifs is 3. The van der Waals surface area contributed by atoms with Crippen LogP contribution in [0.25, 0.3) is 11.1 Å². The summed E-state index contributed by atoms with van der Waals surface area (Å²) in [5, 5.41) is 26.5. The van der Waals surface area contributed by atoms with E-state index in [0.717, 1.165) is 34.4 Å². The monoisotopic (exact) mass is 692 g/mol. The molecule has 1 aliphatic heterocycles. The predicted octanol–water partition coefficient (Wildman–Crippen LogP) is 5.92. The van der Waals surface area contributed by atoms with Gasteiger partial charge in [-0.15, -0.1) is 0 Å². The quantitative estimate of drug-likeness (QED) is 0.155. The summed E-state index contributed by atoms with van der Waals surface area (Å²) in [6.07, 6.45) is 4.09. The zero-order valence-corrected chi connectivity index (χ0v) is 27.6. The highest BCUT2D eigenvalue weighted by molar-refractivity contribution is 6.31. The van der Waals surface area contributed by atoms with E-state index in [4.69, 9.17) is 37.8 Å². The van der Waals surface area contributed by atoms with Crippen LogP contribution in [0.2, 0.25) is 10.0 Å². The predicted molar refractivity (Wildman–Crippen MR) is 180 cm³/mol. The molecule has 2 amide bonds. The largest absolute Gasteiger partial charge is 0.490 e. The number of ether oxygens (including phenoxy) is 2. The molecular formula is C35H34Cl2N4O7. The number of carbonyl (C=O) groups excluding carboxylic acids is 2. The first-order valence-corrected chi connectivity index (χ1v) is 16.3. The molecular weight excluding hydrogens is 659 g/mol. The van der Waals surface area contributed by atoms with E-state index >= 15 is 0 Å². The van der Waals surface area contributed by atoms with Crippen LogP contribution in [0.5, 0.6) is 5.75 Å². The lowest BCUT2D eigenvalue weighted by Gasteiger charge is -2.29. The van der Waals surface area contributed by atoms with Gasteiger partial charge in [0.15, 0.2) is 0 Å². The number of nitrogens with zero attached hydrogens (tertiary/aromatic N) is 3. The van der Waals surface area contributed by atoms with Gasteiger partial charge in [0.05, 0.1) is 18.4 Å². The SMILES string of the molecule is Cc1c(Cl)cccc1OCCOC(=O)N1C[C@@H]2C[C@@H]2c2c(-c3cnn(Cc4cc(C(=O)NC(CCO)C(=O)O)ccc4Cl)c3)cccc21. The van der Waals surface area contributed by atoms with E-state index in [9.17, 15) is 19.5 Å². The van der Waals surface area contributed by atoms with Gasteiger partial charge in [-0.2, -0.15) is 5.10 Å². The Morgan fingerprint density at radius 2 is 1.90 bits per heavy atom. The highest BCUT2D eigenvalue weighted by atomic mass is 35.5. The molecule has 0 bridgehead atoms. The number of carbonyl (C=O) groups is 3. The first-order chi connectivity index (χ1) is 23.1. The maximum atomic E-state index is 13.3. The number of rotatable bonds is 12. The molecule has 1 aromatic heterocycles. The molecule has 48 heavy (non-hydrogen) atoms. The number of halogens is 2. The number of hydrogen-bond acceptors (Lipinski definition) is 7. The first-order valence-electron chi connectivity index (χ1n) is 15.6. The summed E-state index contributed by atoms with van der Waals surface area (Å²) in [6, 6.07) is 14.8. The van der Waals surface area contributed by atoms with Crippen molar-refractivity contribution in [2.75, 3.05) is 31.3 Å². The van der Waals surface area contributed by atoms with E-state index in [2.05, 4.69) is 10.4 Å². The molecule has 0 saturated heterocycles. The summed E-state index contributed by atoms with van der Waals surface area (Å²) in [4.78, 5) is 39.2. The molecule has 13 heteroatoms. The number of benzene rings is 3. The summed E-state index contributed by atoms with van der Waals surface area (Å²) in [6.45, 7) is 2.63. The van der Waals surface area contributed by atoms with Crippen LogP contribution in [-0.2, 0) is 16.1 Å². The molecule has 2 aliphatic rings. The zero-order chi connectivity index (χ0) is 33.9. The summed E-state index contributed by atoms with van der Waals surface area (Å²) in [7, 11) is 0. The van der Waals surface area contributed by atoms with Gasteiger partial charge in [-0.3, -0.25) is 14.4 Å². The molecule has 0 radical (unpaired) electrons. The van der Waals surface area contributed by atoms with Gasteiger partial charge in [-0.1, -0.05) is 41.4 Å². The van der Waals surface area contributed by atoms with E-state index in [1.54, 1.807) is 34.0 Å². The molecule has 250 valence electrons. The van der Waals surface area contributed by atoms with E-state index in [-0.39, 0.29) is 38.3 Å². The van der Waals surface area contributed by atoms with Crippen LogP contribution in [-0.4, -0.2) is 70.4 Å². The van der Waals surface area contributed by atoms with Crippen molar-refractivity contribution in [1.82, 2.24) is 15.1 Å². The minimum Gasteiger partial charge on any atom is -0.490 e. The fourth-order valence-electron chi connectivity index (χ4n) is 6.07. The number of aliphatic hydroxyl groups excluding tert-OH is 1. The van der Waals surface area contributed by atoms with Gasteiger partial charge in [-0.05, 0) is 78.3 Å². The molecule has 1 saturated carbocycles. The smallest absolute Gasteiger partial charge is 0.414 e. The van der Waals surface area contributed by atoms with Crippen molar-refractivity contribution in [2.24, 2.45) is 5.92 Å². The molecule has 3 aromatic carbocycles. The lowest BCUT2D eigenvalue weighted by molar-refractivity contribution is -0.139. The Hall–Kier alpha value is -4.58. The van der Waals surface area contributed by atoms with Crippen molar-refractivity contribution < 1.29 is 34.1 Å². The standard InChI is InChI=1S/C35H34Cl2N4O7/c1-20-27(36)5-3-7-31(20)47-12-13-48-35(46)41-19-22-15-26(22)32-25(4-2-6-30(32)41)24-16-38-40(18-24)17-23-14-21(8-9-28(23)37)33(43)39-29(10-11-42)34(44)45/h2-9,14,16,18,22,26,29,42H,10-13,15,17,19H2,1H3,(H,39,43)(H,44,45)/t22-,26-,29?/m0/s1. The fraction of sp³-hybridized carbons (Fsp3) is 0.314. The number of aliphatic carboxylic acids is 1. The third-order valence-electron chi connectivity index (χ3n) is 8.69. The van der Waals surface area contributed by atoms with Crippen LogP contribution in [0.3, 0.4) is 0 Å². The number of carboxylic acids is 1. The second-order valence-corrected chi connectivity index (χ2v) is 12.7. The number of anilines is 1. The molecule has 3 atom stereocenters. The number of nitrogens with one attached hydrogen (secondary N) is 1. The lowest BCUT2D eigenvalue weighted by atomic mass is 9.93. The third-order valence-corrected chi connectivity index (χ3v) is 9.47. The Morgan fingerprint density at radius 1 is 1.08 bits per heavy atom.